The number of hydrogen-bond donors (Lipinski definition) is 0. The van der Waals surface area contributed by atoms with E-state index >= 15 is 0 Å². The van der Waals surface area contributed by atoms with Crippen molar-refractivity contribution in [3.05, 3.63) is 0 Å². The van der Waals surface area contributed by atoms with E-state index in [0.29, 0.717) is 6.42 Å². The molecule has 0 bridgehead atoms. The summed E-state index contributed by atoms with van der Waals surface area (Å²) < 4.78 is 0. The van der Waals surface area contributed by atoms with E-state index in [1.807, 2.05) is 0 Å². The fourth-order valence-electron chi connectivity index (χ4n) is 1.41. The van der Waals surface area contributed by atoms with Crippen LogP contribution < -0.4 is 0 Å². The Balaban J connectivity index is 0.000001000. The predicted molar refractivity (Wildman–Crippen MR) is 37.6 cm³/mol. The van der Waals surface area contributed by atoms with Crippen molar-refractivity contribution in [2.45, 2.75) is 32.6 Å². The van der Waals surface area contributed by atoms with Crippen LogP contribution >= 0.6 is 0 Å². The minimum absolute atomic E-state index is 0. The Labute approximate surface area is 79.5 Å². The van der Waals surface area contributed by atoms with Crippen LogP contribution in [0, 0.1) is 5.92 Å². The Morgan fingerprint density at radius 2 is 2.09 bits per heavy atom. The van der Waals surface area contributed by atoms with Crippen molar-refractivity contribution in [1.29, 1.82) is 0 Å². The van der Waals surface area contributed by atoms with Crippen molar-refractivity contribution >= 4 is 11.6 Å². The first-order valence-corrected chi connectivity index (χ1v) is 3.75. The van der Waals surface area contributed by atoms with Crippen LogP contribution in [0.15, 0.2) is 0 Å². The first-order chi connectivity index (χ1) is 4.72. The molecule has 1 aliphatic rings. The third-order valence-corrected chi connectivity index (χ3v) is 2.05. The fourth-order valence-corrected chi connectivity index (χ4v) is 1.41. The Hall–Kier alpha value is -0.0366. The molecule has 1 rings (SSSR count). The first-order valence-electron chi connectivity index (χ1n) is 3.75. The molecule has 2 nitrogen and oxygen atoms in total. The zero-order chi connectivity index (χ0) is 7.56. The van der Waals surface area contributed by atoms with Gasteiger partial charge in [0.1, 0.15) is 11.6 Å². The van der Waals surface area contributed by atoms with Gasteiger partial charge in [-0.3, -0.25) is 9.59 Å². The molecule has 0 radical (unpaired) electrons. The number of rotatable bonds is 1. The molecule has 1 saturated carbocycles. The summed E-state index contributed by atoms with van der Waals surface area (Å²) in [6, 6.07) is 0. The number of hydrogen-bond acceptors (Lipinski definition) is 2. The van der Waals surface area contributed by atoms with Gasteiger partial charge in [-0.25, -0.2) is 0 Å². The van der Waals surface area contributed by atoms with Gasteiger partial charge in [0.15, 0.2) is 0 Å². The number of carbonyl (C=O) groups is 2. The molecule has 1 atom stereocenters. The summed E-state index contributed by atoms with van der Waals surface area (Å²) in [5, 5.41) is 0. The van der Waals surface area contributed by atoms with Gasteiger partial charge >= 0.3 is 0 Å². The normalized spacial score (nSPS) is 24.1. The predicted octanol–water partition coefficient (Wildman–Crippen LogP) is 1.33. The van der Waals surface area contributed by atoms with Gasteiger partial charge in [-0.1, -0.05) is 6.42 Å². The van der Waals surface area contributed by atoms with E-state index in [2.05, 4.69) is 0 Å². The molecule has 0 spiro atoms. The van der Waals surface area contributed by atoms with Crippen LogP contribution in [0.5, 0.6) is 0 Å². The molecule has 1 fully saturated rings. The summed E-state index contributed by atoms with van der Waals surface area (Å²) in [5.41, 5.74) is 0. The smallest absolute Gasteiger partial charge is 0.143 e. The SMILES string of the molecule is CC(=O)C1CCCCC1=O.[Zn]. The first kappa shape index (κ1) is 11.0. The molecule has 0 saturated heterocycles. The standard InChI is InChI=1S/C8H12O2.Zn/c1-6(9)7-4-2-3-5-8(7)10;/h7H,2-5H2,1H3;. The van der Waals surface area contributed by atoms with E-state index in [0.717, 1.165) is 19.3 Å². The van der Waals surface area contributed by atoms with E-state index in [4.69, 9.17) is 0 Å². The molecule has 0 aliphatic heterocycles. The average Bonchev–Trinajstić information content (AvgIpc) is 1.88. The van der Waals surface area contributed by atoms with E-state index in [1.54, 1.807) is 0 Å². The summed E-state index contributed by atoms with van der Waals surface area (Å²) >= 11 is 0. The summed E-state index contributed by atoms with van der Waals surface area (Å²) in [7, 11) is 0. The average molecular weight is 206 g/mol. The third kappa shape index (κ3) is 2.82. The maximum atomic E-state index is 11.0. The maximum absolute atomic E-state index is 11.0. The van der Waals surface area contributed by atoms with Crippen LogP contribution in [0.1, 0.15) is 32.6 Å². The second-order valence-electron chi connectivity index (χ2n) is 2.88. The molecule has 0 aromatic carbocycles. The molecule has 58 valence electrons. The van der Waals surface area contributed by atoms with Gasteiger partial charge in [0.05, 0.1) is 5.92 Å². The van der Waals surface area contributed by atoms with Crippen LogP contribution in [-0.2, 0) is 29.1 Å². The summed E-state index contributed by atoms with van der Waals surface area (Å²) in [6.45, 7) is 1.51. The number of Topliss-reactive ketones (excluding diaryl/α,β-unsaturated/α-hetero) is 2. The topological polar surface area (TPSA) is 34.1 Å². The van der Waals surface area contributed by atoms with Gasteiger partial charge in [-0.2, -0.15) is 0 Å². The second kappa shape index (κ2) is 4.76. The second-order valence-corrected chi connectivity index (χ2v) is 2.88. The van der Waals surface area contributed by atoms with Crippen molar-refractivity contribution in [2.75, 3.05) is 0 Å². The van der Waals surface area contributed by atoms with Gasteiger partial charge in [0, 0.05) is 25.9 Å². The molecule has 0 N–H and O–H groups in total. The minimum Gasteiger partial charge on any atom is -0.299 e. The molecule has 0 amide bonds. The van der Waals surface area contributed by atoms with Crippen molar-refractivity contribution in [3.63, 3.8) is 0 Å². The zero-order valence-electron chi connectivity index (χ0n) is 6.93. The molecule has 3 heteroatoms. The van der Waals surface area contributed by atoms with Gasteiger partial charge in [-0.15, -0.1) is 0 Å². The summed E-state index contributed by atoms with van der Waals surface area (Å²) in [5.74, 6) is -0.0581. The Morgan fingerprint density at radius 3 is 2.45 bits per heavy atom. The van der Waals surface area contributed by atoms with Crippen molar-refractivity contribution in [2.24, 2.45) is 5.92 Å². The zero-order valence-corrected chi connectivity index (χ0v) is 9.90. The molecule has 1 unspecified atom stereocenters. The Morgan fingerprint density at radius 1 is 1.45 bits per heavy atom. The molecule has 0 aromatic rings. The minimum atomic E-state index is -0.256. The van der Waals surface area contributed by atoms with E-state index < -0.39 is 0 Å². The molecule has 11 heavy (non-hydrogen) atoms. The molecule has 1 aliphatic carbocycles. The third-order valence-electron chi connectivity index (χ3n) is 2.05. The van der Waals surface area contributed by atoms with Gasteiger partial charge in [-0.05, 0) is 19.8 Å². The molecular formula is C8H12O2Zn. The van der Waals surface area contributed by atoms with Crippen molar-refractivity contribution < 1.29 is 29.1 Å². The van der Waals surface area contributed by atoms with E-state index in [9.17, 15) is 9.59 Å². The van der Waals surface area contributed by atoms with Gasteiger partial charge < -0.3 is 0 Å². The van der Waals surface area contributed by atoms with Crippen LogP contribution in [-0.4, -0.2) is 11.6 Å². The molecule has 0 aromatic heterocycles. The monoisotopic (exact) mass is 204 g/mol. The Kier molecular flexibility index (Phi) is 4.75. The molecular weight excluding hydrogens is 193 g/mol. The van der Waals surface area contributed by atoms with Crippen LogP contribution in [0.2, 0.25) is 0 Å². The van der Waals surface area contributed by atoms with Crippen molar-refractivity contribution in [3.8, 4) is 0 Å². The number of ketones is 2. The largest absolute Gasteiger partial charge is 0.299 e. The maximum Gasteiger partial charge on any atom is 0.143 e. The Bertz CT molecular complexity index is 165. The van der Waals surface area contributed by atoms with Crippen LogP contribution in [0.4, 0.5) is 0 Å². The summed E-state index contributed by atoms with van der Waals surface area (Å²) in [6.07, 6.45) is 3.41. The summed E-state index contributed by atoms with van der Waals surface area (Å²) in [4.78, 5) is 21.8. The van der Waals surface area contributed by atoms with Crippen LogP contribution in [0.25, 0.3) is 0 Å². The molecule has 0 heterocycles. The van der Waals surface area contributed by atoms with Crippen molar-refractivity contribution in [1.82, 2.24) is 0 Å². The van der Waals surface area contributed by atoms with Crippen LogP contribution in [0.3, 0.4) is 0 Å². The van der Waals surface area contributed by atoms with E-state index in [1.165, 1.54) is 6.92 Å². The van der Waals surface area contributed by atoms with Gasteiger partial charge in [0.25, 0.3) is 0 Å². The quantitative estimate of drug-likeness (QED) is 0.478. The fraction of sp³-hybridized carbons (Fsp3) is 0.750. The van der Waals surface area contributed by atoms with Gasteiger partial charge in [0.2, 0.25) is 0 Å². The number of carbonyl (C=O) groups excluding carboxylic acids is 2. The van der Waals surface area contributed by atoms with E-state index in [-0.39, 0.29) is 37.0 Å².